The van der Waals surface area contributed by atoms with E-state index in [2.05, 4.69) is 48.4 Å². The van der Waals surface area contributed by atoms with Gasteiger partial charge in [-0.1, -0.05) is 25.3 Å². The molecule has 0 spiro atoms. The monoisotopic (exact) mass is 293 g/mol. The molecule has 2 heterocycles. The summed E-state index contributed by atoms with van der Waals surface area (Å²) in [5.41, 5.74) is 9.58. The van der Waals surface area contributed by atoms with Gasteiger partial charge in [-0.2, -0.15) is 5.10 Å². The average molecular weight is 293 g/mol. The Hall–Kier alpha value is -1.27. The van der Waals surface area contributed by atoms with Crippen LogP contribution in [0.2, 0.25) is 0 Å². The van der Waals surface area contributed by atoms with E-state index in [4.69, 9.17) is 5.73 Å². The fraction of sp³-hybridized carbons (Fsp3) is 0.643. The maximum absolute atomic E-state index is 6.39. The first-order chi connectivity index (χ1) is 9.32. The zero-order valence-corrected chi connectivity index (χ0v) is 13.7. The van der Waals surface area contributed by atoms with E-state index >= 15 is 0 Å². The van der Waals surface area contributed by atoms with Gasteiger partial charge in [-0.05, 0) is 31.4 Å². The predicted molar refractivity (Wildman–Crippen MR) is 81.9 cm³/mol. The number of nitrogens with zero attached hydrogens (tertiary/aromatic N) is 4. The van der Waals surface area contributed by atoms with Gasteiger partial charge in [0.25, 0.3) is 0 Å². The molecule has 0 aliphatic heterocycles. The molecular weight excluding hydrogens is 270 g/mol. The Morgan fingerprint density at radius 1 is 1.40 bits per heavy atom. The molecule has 0 bridgehead atoms. The van der Waals surface area contributed by atoms with Crippen LogP contribution < -0.4 is 5.73 Å². The Balaban J connectivity index is 2.24. The number of hydrogen-bond donors (Lipinski definition) is 1. The topological polar surface area (TPSA) is 69.6 Å². The van der Waals surface area contributed by atoms with Gasteiger partial charge in [0.15, 0.2) is 0 Å². The molecule has 2 N–H and O–H groups in total. The third-order valence-electron chi connectivity index (χ3n) is 3.27. The number of nitrogens with two attached hydrogens (primary N) is 1. The summed E-state index contributed by atoms with van der Waals surface area (Å²) in [4.78, 5) is 1.08. The van der Waals surface area contributed by atoms with Crippen molar-refractivity contribution in [3.8, 4) is 0 Å². The van der Waals surface area contributed by atoms with Gasteiger partial charge >= 0.3 is 0 Å². The summed E-state index contributed by atoms with van der Waals surface area (Å²) in [5, 5.41) is 8.73. The van der Waals surface area contributed by atoms with Crippen LogP contribution in [0.15, 0.2) is 6.07 Å². The minimum Gasteiger partial charge on any atom is -0.323 e. The zero-order valence-electron chi connectivity index (χ0n) is 12.8. The highest BCUT2D eigenvalue weighted by Gasteiger charge is 2.26. The summed E-state index contributed by atoms with van der Waals surface area (Å²) in [6, 6.07) is 2.03. The zero-order chi connectivity index (χ0) is 14.9. The highest BCUT2D eigenvalue weighted by molar-refractivity contribution is 7.05. The highest BCUT2D eigenvalue weighted by Crippen LogP contribution is 2.30. The Bertz CT molecular complexity index is 579. The van der Waals surface area contributed by atoms with E-state index in [1.165, 1.54) is 17.2 Å². The molecule has 110 valence electrons. The predicted octanol–water partition coefficient (Wildman–Crippen LogP) is 2.60. The Morgan fingerprint density at radius 2 is 2.10 bits per heavy atom. The quantitative estimate of drug-likeness (QED) is 0.940. The van der Waals surface area contributed by atoms with Crippen molar-refractivity contribution >= 4 is 11.5 Å². The second-order valence-corrected chi connectivity index (χ2v) is 6.92. The van der Waals surface area contributed by atoms with Gasteiger partial charge in [-0.25, -0.2) is 0 Å². The van der Waals surface area contributed by atoms with E-state index < -0.39 is 0 Å². The van der Waals surface area contributed by atoms with Crippen LogP contribution in [-0.2, 0) is 18.4 Å². The van der Waals surface area contributed by atoms with E-state index in [0.717, 1.165) is 29.2 Å². The third-order valence-corrected chi connectivity index (χ3v) is 4.13. The van der Waals surface area contributed by atoms with Crippen molar-refractivity contribution in [1.29, 1.82) is 0 Å². The van der Waals surface area contributed by atoms with E-state index in [1.807, 2.05) is 11.6 Å². The number of aromatic nitrogens is 4. The van der Waals surface area contributed by atoms with Crippen molar-refractivity contribution in [2.75, 3.05) is 0 Å². The van der Waals surface area contributed by atoms with Crippen LogP contribution in [0.3, 0.4) is 0 Å². The second kappa shape index (κ2) is 5.61. The van der Waals surface area contributed by atoms with Crippen LogP contribution in [0.1, 0.15) is 55.7 Å². The third kappa shape index (κ3) is 3.07. The molecule has 1 unspecified atom stereocenters. The normalized spacial score (nSPS) is 13.7. The van der Waals surface area contributed by atoms with Gasteiger partial charge in [0.2, 0.25) is 0 Å². The summed E-state index contributed by atoms with van der Waals surface area (Å²) < 4.78 is 6.10. The van der Waals surface area contributed by atoms with Crippen LogP contribution in [-0.4, -0.2) is 19.4 Å². The van der Waals surface area contributed by atoms with Crippen molar-refractivity contribution in [2.24, 2.45) is 5.73 Å². The number of aryl methyl sites for hydroxylation is 2. The summed E-state index contributed by atoms with van der Waals surface area (Å²) in [7, 11) is 0. The molecule has 0 aliphatic carbocycles. The Morgan fingerprint density at radius 3 is 2.70 bits per heavy atom. The van der Waals surface area contributed by atoms with Gasteiger partial charge in [-0.15, -0.1) is 5.10 Å². The lowest BCUT2D eigenvalue weighted by atomic mass is 9.89. The minimum absolute atomic E-state index is 0.0269. The van der Waals surface area contributed by atoms with Gasteiger partial charge in [0.1, 0.15) is 0 Å². The molecule has 5 nitrogen and oxygen atoms in total. The summed E-state index contributed by atoms with van der Waals surface area (Å²) in [6.07, 6.45) is 0.766. The first kappa shape index (κ1) is 15.1. The molecule has 6 heteroatoms. The van der Waals surface area contributed by atoms with Crippen molar-refractivity contribution in [3.05, 3.63) is 28.0 Å². The summed E-state index contributed by atoms with van der Waals surface area (Å²) >= 11 is 1.41. The molecule has 0 saturated carbocycles. The fourth-order valence-electron chi connectivity index (χ4n) is 2.32. The van der Waals surface area contributed by atoms with E-state index in [-0.39, 0.29) is 11.5 Å². The van der Waals surface area contributed by atoms with Crippen LogP contribution in [0, 0.1) is 6.92 Å². The van der Waals surface area contributed by atoms with Crippen molar-refractivity contribution in [2.45, 2.75) is 59.0 Å². The molecule has 0 fully saturated rings. The van der Waals surface area contributed by atoms with Crippen molar-refractivity contribution < 1.29 is 0 Å². The molecule has 0 aliphatic rings. The lowest BCUT2D eigenvalue weighted by Gasteiger charge is -2.19. The standard InChI is InChI=1S/C14H23N5S/c1-6-19-10(7-9(2)17-19)8-11(15)12-13(14(3,4)5)16-18-20-12/h7,11H,6,8,15H2,1-5H3. The van der Waals surface area contributed by atoms with E-state index in [9.17, 15) is 0 Å². The molecule has 2 aromatic heterocycles. The van der Waals surface area contributed by atoms with Gasteiger partial charge in [0.05, 0.1) is 16.3 Å². The molecule has 0 saturated heterocycles. The minimum atomic E-state index is -0.0781. The maximum Gasteiger partial charge on any atom is 0.0857 e. The maximum atomic E-state index is 6.39. The van der Waals surface area contributed by atoms with Gasteiger partial charge < -0.3 is 5.73 Å². The Labute approximate surface area is 124 Å². The van der Waals surface area contributed by atoms with Crippen LogP contribution in [0.25, 0.3) is 0 Å². The van der Waals surface area contributed by atoms with Crippen LogP contribution >= 0.6 is 11.5 Å². The lowest BCUT2D eigenvalue weighted by Crippen LogP contribution is -2.21. The van der Waals surface area contributed by atoms with Gasteiger partial charge in [0, 0.05) is 30.1 Å². The average Bonchev–Trinajstić information content (AvgIpc) is 2.94. The molecule has 0 amide bonds. The van der Waals surface area contributed by atoms with Crippen LogP contribution in [0.4, 0.5) is 0 Å². The van der Waals surface area contributed by atoms with Crippen molar-refractivity contribution in [1.82, 2.24) is 19.4 Å². The smallest absolute Gasteiger partial charge is 0.0857 e. The molecule has 20 heavy (non-hydrogen) atoms. The highest BCUT2D eigenvalue weighted by atomic mass is 32.1. The Kier molecular flexibility index (Phi) is 4.25. The second-order valence-electron chi connectivity index (χ2n) is 6.14. The summed E-state index contributed by atoms with van der Waals surface area (Å²) in [6.45, 7) is 11.4. The number of rotatable bonds is 4. The first-order valence-electron chi connectivity index (χ1n) is 6.94. The first-order valence-corrected chi connectivity index (χ1v) is 7.72. The van der Waals surface area contributed by atoms with Gasteiger partial charge in [-0.3, -0.25) is 4.68 Å². The molecule has 2 rings (SSSR count). The van der Waals surface area contributed by atoms with E-state index in [1.54, 1.807) is 0 Å². The lowest BCUT2D eigenvalue weighted by molar-refractivity contribution is 0.543. The molecular formula is C14H23N5S. The number of hydrogen-bond acceptors (Lipinski definition) is 5. The molecule has 0 aromatic carbocycles. The molecule has 1 atom stereocenters. The van der Waals surface area contributed by atoms with Crippen LogP contribution in [0.5, 0.6) is 0 Å². The van der Waals surface area contributed by atoms with Crippen molar-refractivity contribution in [3.63, 3.8) is 0 Å². The molecule has 2 aromatic rings. The SMILES string of the molecule is CCn1nc(C)cc1CC(N)c1snnc1C(C)(C)C. The van der Waals surface area contributed by atoms with E-state index in [0.29, 0.717) is 0 Å². The largest absolute Gasteiger partial charge is 0.323 e. The molecule has 0 radical (unpaired) electrons. The fourth-order valence-corrected chi connectivity index (χ4v) is 3.18. The summed E-state index contributed by atoms with van der Waals surface area (Å²) in [5.74, 6) is 0.